The predicted molar refractivity (Wildman–Crippen MR) is 125 cm³/mol. The lowest BCUT2D eigenvalue weighted by molar-refractivity contribution is 0.185. The maximum atomic E-state index is 13.0. The molecule has 0 N–H and O–H groups in total. The molecule has 4 rings (SSSR count). The number of rotatable bonds is 7. The first-order valence-corrected chi connectivity index (χ1v) is 13.0. The highest BCUT2D eigenvalue weighted by Crippen LogP contribution is 2.27. The van der Waals surface area contributed by atoms with Crippen molar-refractivity contribution in [1.82, 2.24) is 18.8 Å². The summed E-state index contributed by atoms with van der Waals surface area (Å²) < 4.78 is 22.3. The zero-order chi connectivity index (χ0) is 22.0. The minimum Gasteiger partial charge on any atom is -0.486 e. The van der Waals surface area contributed by atoms with Gasteiger partial charge in [-0.3, -0.25) is 14.3 Å². The van der Waals surface area contributed by atoms with Crippen LogP contribution in [0.3, 0.4) is 0 Å². The van der Waals surface area contributed by atoms with Crippen molar-refractivity contribution in [3.05, 3.63) is 56.2 Å². The molecular weight excluding hydrogens is 480 g/mol. The van der Waals surface area contributed by atoms with Gasteiger partial charge in [-0.2, -0.15) is 0 Å². The Labute approximate surface area is 194 Å². The van der Waals surface area contributed by atoms with Crippen LogP contribution in [0.2, 0.25) is 0 Å². The maximum Gasteiger partial charge on any atom is 0.295 e. The second-order valence-electron chi connectivity index (χ2n) is 8.25. The van der Waals surface area contributed by atoms with Crippen LogP contribution < -0.4 is 10.3 Å². The van der Waals surface area contributed by atoms with Gasteiger partial charge in [-0.05, 0) is 48.9 Å². The highest BCUT2D eigenvalue weighted by Gasteiger charge is 2.23. The number of hydrogen-bond donors (Lipinski definition) is 0. The van der Waals surface area contributed by atoms with Gasteiger partial charge in [-0.1, -0.05) is 22.0 Å². The number of fused-ring (bicyclic) bond motifs is 1. The zero-order valence-corrected chi connectivity index (χ0v) is 20.5. The van der Waals surface area contributed by atoms with Crippen LogP contribution in [0.15, 0.2) is 33.7 Å². The fourth-order valence-electron chi connectivity index (χ4n) is 4.35. The van der Waals surface area contributed by atoms with E-state index in [-0.39, 0.29) is 5.56 Å². The van der Waals surface area contributed by atoms with E-state index < -0.39 is 11.0 Å². The largest absolute Gasteiger partial charge is 0.486 e. The van der Waals surface area contributed by atoms with E-state index in [0.29, 0.717) is 31.4 Å². The molecule has 1 aromatic heterocycles. The minimum atomic E-state index is -0.911. The van der Waals surface area contributed by atoms with Gasteiger partial charge in [0.1, 0.15) is 5.82 Å². The zero-order valence-electron chi connectivity index (χ0n) is 18.1. The molecular formula is C22H29BrN4O3S. The van der Waals surface area contributed by atoms with Crippen molar-refractivity contribution < 1.29 is 8.95 Å². The Bertz CT molecular complexity index is 1020. The summed E-state index contributed by atoms with van der Waals surface area (Å²) in [4.78, 5) is 19.9. The highest BCUT2D eigenvalue weighted by molar-refractivity contribution is 9.10. The fraction of sp³-hybridized carbons (Fsp3) is 0.545. The van der Waals surface area contributed by atoms with E-state index in [4.69, 9.17) is 4.74 Å². The third-order valence-electron chi connectivity index (χ3n) is 6.15. The Morgan fingerprint density at radius 1 is 1.23 bits per heavy atom. The van der Waals surface area contributed by atoms with Crippen LogP contribution in [0.5, 0.6) is 5.75 Å². The van der Waals surface area contributed by atoms with Crippen molar-refractivity contribution in [2.45, 2.75) is 45.9 Å². The Hall–Kier alpha value is -1.55. The molecule has 168 valence electrons. The number of nitrogens with zero attached hydrogens (tertiary/aromatic N) is 4. The van der Waals surface area contributed by atoms with Crippen molar-refractivity contribution in [3.63, 3.8) is 0 Å². The lowest BCUT2D eigenvalue weighted by atomic mass is 9.99. The number of halogens is 1. The smallest absolute Gasteiger partial charge is 0.295 e. The van der Waals surface area contributed by atoms with Gasteiger partial charge >= 0.3 is 0 Å². The van der Waals surface area contributed by atoms with Crippen LogP contribution in [-0.2, 0) is 37.2 Å². The molecule has 31 heavy (non-hydrogen) atoms. The Morgan fingerprint density at radius 2 is 1.97 bits per heavy atom. The van der Waals surface area contributed by atoms with Gasteiger partial charge in [-0.15, -0.1) is 0 Å². The summed E-state index contributed by atoms with van der Waals surface area (Å²) in [5.74, 6) is 1.46. The number of benzene rings is 1. The molecule has 1 atom stereocenters. The molecule has 2 aliphatic rings. The van der Waals surface area contributed by atoms with Gasteiger partial charge in [0, 0.05) is 43.5 Å². The number of ether oxygens (including phenoxy) is 1. The topological polar surface area (TPSA) is 67.7 Å². The summed E-state index contributed by atoms with van der Waals surface area (Å²) in [6.45, 7) is 6.99. The van der Waals surface area contributed by atoms with Crippen LogP contribution in [0.1, 0.15) is 36.7 Å². The number of aromatic nitrogens is 2. The predicted octanol–water partition coefficient (Wildman–Crippen LogP) is 2.93. The standard InChI is InChI=1S/C22H29BrN4O3S/c1-3-27-21(14-25-12-17-4-5-19(23)10-18(17)13-25)24-11-20(22(27)28)30-15-16-6-8-26(9-7-16)31(2)29/h4-5,10-11,16H,3,6-9,12-15H2,1-2H3. The van der Waals surface area contributed by atoms with Crippen molar-refractivity contribution >= 4 is 26.9 Å². The third-order valence-corrected chi connectivity index (χ3v) is 7.73. The first-order chi connectivity index (χ1) is 14.9. The highest BCUT2D eigenvalue weighted by atomic mass is 79.9. The summed E-state index contributed by atoms with van der Waals surface area (Å²) in [5, 5.41) is 0. The Balaban J connectivity index is 1.39. The quantitative estimate of drug-likeness (QED) is 0.575. The van der Waals surface area contributed by atoms with Crippen LogP contribution in [-0.4, -0.2) is 48.9 Å². The molecule has 0 amide bonds. The average Bonchev–Trinajstić information content (AvgIpc) is 3.15. The molecule has 1 saturated heterocycles. The first-order valence-electron chi connectivity index (χ1n) is 10.7. The summed E-state index contributed by atoms with van der Waals surface area (Å²) in [6, 6.07) is 6.38. The van der Waals surface area contributed by atoms with Crippen molar-refractivity contribution in [3.8, 4) is 5.75 Å². The van der Waals surface area contributed by atoms with Crippen molar-refractivity contribution in [2.24, 2.45) is 5.92 Å². The second-order valence-corrected chi connectivity index (χ2v) is 10.5. The van der Waals surface area contributed by atoms with Gasteiger partial charge in [0.15, 0.2) is 0 Å². The average molecular weight is 509 g/mol. The molecule has 0 spiro atoms. The lowest BCUT2D eigenvalue weighted by Gasteiger charge is -2.29. The first kappa shape index (κ1) is 22.6. The summed E-state index contributed by atoms with van der Waals surface area (Å²) in [6.07, 6.45) is 5.16. The molecule has 2 aromatic rings. The molecule has 0 saturated carbocycles. The molecule has 0 aliphatic carbocycles. The van der Waals surface area contributed by atoms with Gasteiger partial charge in [0.2, 0.25) is 5.75 Å². The molecule has 9 heteroatoms. The Kier molecular flexibility index (Phi) is 7.26. The van der Waals surface area contributed by atoms with Crippen molar-refractivity contribution in [1.29, 1.82) is 0 Å². The van der Waals surface area contributed by atoms with E-state index in [1.165, 1.54) is 11.1 Å². The van der Waals surface area contributed by atoms with Crippen molar-refractivity contribution in [2.75, 3.05) is 26.0 Å². The van der Waals surface area contributed by atoms with Gasteiger partial charge < -0.3 is 4.74 Å². The minimum absolute atomic E-state index is 0.112. The van der Waals surface area contributed by atoms with Crippen LogP contribution >= 0.6 is 15.9 Å². The summed E-state index contributed by atoms with van der Waals surface area (Å²) in [5.41, 5.74) is 2.53. The van der Waals surface area contributed by atoms with E-state index >= 15 is 0 Å². The molecule has 1 unspecified atom stereocenters. The SMILES string of the molecule is CCn1c(CN2Cc3ccc(Br)cc3C2)ncc(OCC2CCN(S(C)=O)CC2)c1=O. The van der Waals surface area contributed by atoms with Gasteiger partial charge in [-0.25, -0.2) is 13.5 Å². The number of piperidine rings is 1. The van der Waals surface area contributed by atoms with Crippen LogP contribution in [0.25, 0.3) is 0 Å². The molecule has 1 fully saturated rings. The molecule has 2 aliphatic heterocycles. The monoisotopic (exact) mass is 508 g/mol. The van der Waals surface area contributed by atoms with E-state index in [2.05, 4.69) is 44.0 Å². The summed E-state index contributed by atoms with van der Waals surface area (Å²) >= 11 is 3.54. The molecule has 1 aromatic carbocycles. The molecule has 0 bridgehead atoms. The van der Waals surface area contributed by atoms with E-state index in [9.17, 15) is 9.00 Å². The number of hydrogen-bond acceptors (Lipinski definition) is 5. The molecule has 3 heterocycles. The molecule has 0 radical (unpaired) electrons. The second kappa shape index (κ2) is 9.94. The van der Waals surface area contributed by atoms with E-state index in [1.807, 2.05) is 11.2 Å². The third kappa shape index (κ3) is 5.27. The summed E-state index contributed by atoms with van der Waals surface area (Å²) in [7, 11) is -0.911. The van der Waals surface area contributed by atoms with Crippen LogP contribution in [0, 0.1) is 5.92 Å². The fourth-order valence-corrected chi connectivity index (χ4v) is 5.48. The van der Waals surface area contributed by atoms with E-state index in [0.717, 1.165) is 49.3 Å². The maximum absolute atomic E-state index is 13.0. The van der Waals surface area contributed by atoms with E-state index in [1.54, 1.807) is 17.0 Å². The van der Waals surface area contributed by atoms with Gasteiger partial charge in [0.05, 0.1) is 30.3 Å². The normalized spacial score (nSPS) is 18.8. The van der Waals surface area contributed by atoms with Crippen LogP contribution in [0.4, 0.5) is 0 Å². The van der Waals surface area contributed by atoms with Gasteiger partial charge in [0.25, 0.3) is 5.56 Å². The lowest BCUT2D eigenvalue weighted by Crippen LogP contribution is -2.36. The molecule has 7 nitrogen and oxygen atoms in total. The Morgan fingerprint density at radius 3 is 2.68 bits per heavy atom.